The van der Waals surface area contributed by atoms with Crippen LogP contribution in [-0.2, 0) is 11.8 Å². The third-order valence-corrected chi connectivity index (χ3v) is 0.859. The maximum Gasteiger partial charge on any atom is 0.673 e. The molecule has 0 aliphatic rings. The lowest BCUT2D eigenvalue weighted by molar-refractivity contribution is -0.849. The molecule has 0 fully saturated rings. The number of hydrogen-bond acceptors (Lipinski definition) is 2. The zero-order chi connectivity index (χ0) is 22.2. The van der Waals surface area contributed by atoms with Crippen LogP contribution in [0.3, 0.4) is 0 Å². The van der Waals surface area contributed by atoms with E-state index in [0.717, 1.165) is 4.48 Å². The largest absolute Gasteiger partial charge is 0.673 e. The van der Waals surface area contributed by atoms with E-state index < -0.39 is 20.5 Å². The van der Waals surface area contributed by atoms with Gasteiger partial charge in [-0.25, -0.2) is 4.57 Å². The average Bonchev–Trinajstić information content (AvgIpc) is 2.74. The molecule has 6 nitrogen and oxygen atoms in total. The molecule has 1 aromatic heterocycles. The molecule has 158 valence electrons. The molecule has 0 spiro atoms. The molecule has 16 heteroatoms. The predicted molar refractivity (Wildman–Crippen MR) is 83.0 cm³/mol. The van der Waals surface area contributed by atoms with Crippen molar-refractivity contribution in [1.29, 1.82) is 0 Å². The number of aromatic amines is 1. The highest BCUT2D eigenvalue weighted by atomic mass is 19.5. The van der Waals surface area contributed by atoms with Crippen molar-refractivity contribution >= 4 is 20.5 Å². The third kappa shape index (κ3) is 193. The molecule has 26 heavy (non-hydrogen) atoms. The van der Waals surface area contributed by atoms with E-state index in [1.807, 2.05) is 30.3 Å². The SMILES string of the molecule is C[N+](C)(C)C.C[n+]1cc[nH]c1.F[B-](F)(F)F.F[B-](F)(F)F.NCC(=O)O. The molecule has 1 aromatic rings. The van der Waals surface area contributed by atoms with Crippen molar-refractivity contribution in [1.82, 2.24) is 4.98 Å². The van der Waals surface area contributed by atoms with Crippen LogP contribution < -0.4 is 10.3 Å². The fourth-order valence-corrected chi connectivity index (χ4v) is 0.364. The Bertz CT molecular complexity index is 389. The Morgan fingerprint density at radius 2 is 1.27 bits per heavy atom. The van der Waals surface area contributed by atoms with E-state index in [1.54, 1.807) is 0 Å². The Balaban J connectivity index is -0.000000117. The number of carbonyl (C=O) groups is 1. The average molecular weight is 406 g/mol. The van der Waals surface area contributed by atoms with Crippen LogP contribution in [-0.4, -0.2) is 69.8 Å². The van der Waals surface area contributed by atoms with Gasteiger partial charge < -0.3 is 49.8 Å². The lowest BCUT2D eigenvalue weighted by Crippen LogP contribution is -2.27. The molecule has 0 saturated carbocycles. The summed E-state index contributed by atoms with van der Waals surface area (Å²) in [5.74, 6) is -0.968. The summed E-state index contributed by atoms with van der Waals surface area (Å²) in [5, 5.41) is 7.60. The van der Waals surface area contributed by atoms with Gasteiger partial charge in [-0.2, -0.15) is 0 Å². The van der Waals surface area contributed by atoms with Crippen molar-refractivity contribution in [3.05, 3.63) is 18.7 Å². The highest BCUT2D eigenvalue weighted by molar-refractivity contribution is 6.50. The van der Waals surface area contributed by atoms with Crippen molar-refractivity contribution in [2.24, 2.45) is 12.8 Å². The van der Waals surface area contributed by atoms with E-state index in [-0.39, 0.29) is 6.54 Å². The molecule has 0 amide bonds. The van der Waals surface area contributed by atoms with Gasteiger partial charge in [-0.1, -0.05) is 0 Å². The summed E-state index contributed by atoms with van der Waals surface area (Å²) in [4.78, 5) is 12.1. The maximum absolute atomic E-state index is 9.75. The molecule has 1 rings (SSSR count). The van der Waals surface area contributed by atoms with Crippen molar-refractivity contribution in [2.45, 2.75) is 0 Å². The van der Waals surface area contributed by atoms with Crippen LogP contribution in [0.4, 0.5) is 34.5 Å². The number of quaternary nitrogens is 1. The van der Waals surface area contributed by atoms with Crippen LogP contribution in [0.25, 0.3) is 0 Å². The number of aliphatic carboxylic acids is 1. The summed E-state index contributed by atoms with van der Waals surface area (Å²) in [6.07, 6.45) is 5.69. The summed E-state index contributed by atoms with van der Waals surface area (Å²) < 4.78 is 80.9. The first-order valence-electron chi connectivity index (χ1n) is 6.60. The summed E-state index contributed by atoms with van der Waals surface area (Å²) in [6.45, 7) is -0.278. The van der Waals surface area contributed by atoms with Crippen molar-refractivity contribution < 1.29 is 53.5 Å². The maximum atomic E-state index is 9.75. The van der Waals surface area contributed by atoms with E-state index in [4.69, 9.17) is 5.11 Å². The van der Waals surface area contributed by atoms with Gasteiger partial charge in [-0.05, 0) is 0 Å². The zero-order valence-corrected chi connectivity index (χ0v) is 14.9. The summed E-state index contributed by atoms with van der Waals surface area (Å²) in [6, 6.07) is 0. The van der Waals surface area contributed by atoms with Gasteiger partial charge in [0.1, 0.15) is 12.4 Å². The number of rotatable bonds is 1. The smallest absolute Gasteiger partial charge is 0.480 e. The summed E-state index contributed by atoms with van der Waals surface area (Å²) in [5.41, 5.74) is 4.57. The second-order valence-electron chi connectivity index (χ2n) is 5.55. The monoisotopic (exact) mass is 406 g/mol. The fourth-order valence-electron chi connectivity index (χ4n) is 0.364. The lowest BCUT2D eigenvalue weighted by Gasteiger charge is -2.14. The third-order valence-electron chi connectivity index (χ3n) is 0.859. The van der Waals surface area contributed by atoms with E-state index in [9.17, 15) is 39.3 Å². The highest BCUT2D eigenvalue weighted by Crippen LogP contribution is 2.07. The number of nitrogens with one attached hydrogen (secondary N) is 1. The van der Waals surface area contributed by atoms with Crippen LogP contribution in [0, 0.1) is 0 Å². The van der Waals surface area contributed by atoms with Gasteiger partial charge in [0.2, 0.25) is 6.33 Å². The Morgan fingerprint density at radius 3 is 1.31 bits per heavy atom. The number of aryl methyl sites for hydroxylation is 1. The van der Waals surface area contributed by atoms with E-state index in [0.29, 0.717) is 0 Å². The summed E-state index contributed by atoms with van der Waals surface area (Å²) in [7, 11) is -1.53. The number of imidazole rings is 1. The van der Waals surface area contributed by atoms with Crippen molar-refractivity contribution in [3.63, 3.8) is 0 Å². The first-order valence-corrected chi connectivity index (χ1v) is 6.60. The Hall–Kier alpha value is -1.83. The van der Waals surface area contributed by atoms with Crippen molar-refractivity contribution in [2.75, 3.05) is 34.7 Å². The molecule has 1 heterocycles. The second-order valence-corrected chi connectivity index (χ2v) is 5.55. The first kappa shape index (κ1) is 31.9. The predicted octanol–water partition coefficient (Wildman–Crippen LogP) is 1.79. The minimum Gasteiger partial charge on any atom is -0.480 e. The van der Waals surface area contributed by atoms with Crippen LogP contribution in [0.5, 0.6) is 0 Å². The molecule has 0 aromatic carbocycles. The van der Waals surface area contributed by atoms with Gasteiger partial charge >= 0.3 is 20.5 Å². The van der Waals surface area contributed by atoms with Crippen molar-refractivity contribution in [3.8, 4) is 0 Å². The van der Waals surface area contributed by atoms with Gasteiger partial charge in [0, 0.05) is 0 Å². The van der Waals surface area contributed by atoms with E-state index in [1.165, 1.54) is 0 Å². The first-order chi connectivity index (χ1) is 11.2. The van der Waals surface area contributed by atoms with E-state index >= 15 is 0 Å². The Labute approximate surface area is 146 Å². The topological polar surface area (TPSA) is 83.0 Å². The van der Waals surface area contributed by atoms with Crippen LogP contribution in [0.15, 0.2) is 18.7 Å². The van der Waals surface area contributed by atoms with Gasteiger partial charge in [-0.15, -0.1) is 0 Å². The number of carboxylic acids is 1. The number of carboxylic acid groups (broad SMARTS) is 1. The minimum atomic E-state index is -6.00. The van der Waals surface area contributed by atoms with Gasteiger partial charge in [0.25, 0.3) is 0 Å². The number of hydrogen-bond donors (Lipinski definition) is 3. The number of nitrogens with zero attached hydrogens (tertiary/aromatic N) is 2. The molecule has 0 unspecified atom stereocenters. The van der Waals surface area contributed by atoms with Crippen LogP contribution >= 0.6 is 0 Å². The Morgan fingerprint density at radius 1 is 1.04 bits per heavy atom. The van der Waals surface area contributed by atoms with E-state index in [2.05, 4.69) is 38.9 Å². The van der Waals surface area contributed by atoms with Gasteiger partial charge in [0.05, 0.1) is 41.8 Å². The quantitative estimate of drug-likeness (QED) is 0.288. The lowest BCUT2D eigenvalue weighted by atomic mass is 10.3. The number of halogens is 8. The standard InChI is InChI=1S/C4H6N2.C4H12N.C2H5NO2.2BF4/c1-6-3-2-5-4-6;1-5(2,3)4;3-1-2(4)5;2*2-1(3,4)5/h2-4H,1H3;1-4H3;1,3H2,(H,4,5);;/q;+1;;2*-1/p+1. The molecule has 0 radical (unpaired) electrons. The van der Waals surface area contributed by atoms with Gasteiger partial charge in [-0.3, -0.25) is 9.78 Å². The molecule has 0 atom stereocenters. The van der Waals surface area contributed by atoms with Gasteiger partial charge in [0.15, 0.2) is 0 Å². The summed E-state index contributed by atoms with van der Waals surface area (Å²) >= 11 is 0. The zero-order valence-electron chi connectivity index (χ0n) is 14.9. The van der Waals surface area contributed by atoms with Crippen LogP contribution in [0.2, 0.25) is 0 Å². The van der Waals surface area contributed by atoms with Crippen LogP contribution in [0.1, 0.15) is 0 Å². The molecule has 0 bridgehead atoms. The Kier molecular flexibility index (Phi) is 18.9. The number of H-pyrrole nitrogens is 1. The highest BCUT2D eigenvalue weighted by Gasteiger charge is 2.21. The molecule has 4 N–H and O–H groups in total. The molecule has 0 saturated heterocycles. The normalized spacial score (nSPS) is 10.4. The molecule has 0 aliphatic carbocycles. The fraction of sp³-hybridized carbons (Fsp3) is 0.600. The number of aromatic nitrogens is 2. The molecule has 0 aliphatic heterocycles. The molecular weight excluding hydrogens is 382 g/mol. The molecular formula is C10H24B2F8N4O2. The minimum absolute atomic E-state index is 0.278. The number of nitrogens with two attached hydrogens (primary N) is 1. The second kappa shape index (κ2) is 15.4.